The molecule has 0 heterocycles. The highest BCUT2D eigenvalue weighted by atomic mass is 19.4. The van der Waals surface area contributed by atoms with E-state index < -0.39 is 18.8 Å². The average molecular weight is 275 g/mol. The molecule has 1 aromatic rings. The van der Waals surface area contributed by atoms with Crippen LogP contribution in [0.25, 0.3) is 0 Å². The lowest BCUT2D eigenvalue weighted by atomic mass is 10.0. The number of benzene rings is 1. The van der Waals surface area contributed by atoms with Crippen molar-refractivity contribution in [2.75, 3.05) is 19.6 Å². The molecular weight excluding hydrogens is 255 g/mol. The number of halogens is 3. The van der Waals surface area contributed by atoms with Gasteiger partial charge >= 0.3 is 6.18 Å². The van der Waals surface area contributed by atoms with Gasteiger partial charge in [-0.2, -0.15) is 13.2 Å². The van der Waals surface area contributed by atoms with Gasteiger partial charge in [-0.1, -0.05) is 36.2 Å². The fraction of sp³-hybridized carbons (Fsp3) is 0.571. The normalized spacial score (nSPS) is 13.9. The molecule has 0 bridgehead atoms. The third kappa shape index (κ3) is 5.61. The molecule has 2 nitrogen and oxygen atoms in total. The zero-order chi connectivity index (χ0) is 14.6. The molecule has 0 fully saturated rings. The minimum Gasteiger partial charge on any atom is -0.387 e. The van der Waals surface area contributed by atoms with Gasteiger partial charge in [-0.3, -0.25) is 4.90 Å². The number of nitrogens with zero attached hydrogens (tertiary/aromatic N) is 1. The Hall–Kier alpha value is -1.07. The van der Waals surface area contributed by atoms with E-state index in [-0.39, 0.29) is 13.1 Å². The van der Waals surface area contributed by atoms with Gasteiger partial charge in [-0.15, -0.1) is 0 Å². The van der Waals surface area contributed by atoms with E-state index in [1.165, 1.54) is 4.90 Å². The summed E-state index contributed by atoms with van der Waals surface area (Å²) in [5.41, 5.74) is 2.65. The van der Waals surface area contributed by atoms with Crippen molar-refractivity contribution in [3.63, 3.8) is 0 Å². The Morgan fingerprint density at radius 2 is 1.68 bits per heavy atom. The lowest BCUT2D eigenvalue weighted by Gasteiger charge is -2.25. The van der Waals surface area contributed by atoms with Crippen LogP contribution in [0.1, 0.15) is 29.7 Å². The molecule has 1 unspecified atom stereocenters. The number of likely N-dealkylation sites (N-methyl/N-ethyl adjacent to an activating group) is 1. The van der Waals surface area contributed by atoms with Crippen LogP contribution in [0, 0.1) is 13.8 Å². The molecule has 1 rings (SSSR count). The second-order valence-electron chi connectivity index (χ2n) is 4.88. The Bertz CT molecular complexity index is 397. The molecule has 19 heavy (non-hydrogen) atoms. The maximum atomic E-state index is 12.4. The molecule has 0 aliphatic rings. The lowest BCUT2D eigenvalue weighted by Crippen LogP contribution is -2.36. The number of aliphatic hydroxyl groups is 1. The topological polar surface area (TPSA) is 23.5 Å². The highest BCUT2D eigenvalue weighted by molar-refractivity contribution is 5.30. The third-order valence-electron chi connectivity index (χ3n) is 2.91. The van der Waals surface area contributed by atoms with E-state index in [1.807, 2.05) is 19.9 Å². The molecule has 1 aromatic carbocycles. The van der Waals surface area contributed by atoms with E-state index in [4.69, 9.17) is 0 Å². The summed E-state index contributed by atoms with van der Waals surface area (Å²) in [6.07, 6.45) is -5.14. The first-order valence-corrected chi connectivity index (χ1v) is 6.26. The van der Waals surface area contributed by atoms with Crippen LogP contribution >= 0.6 is 0 Å². The minimum absolute atomic E-state index is 0.0150. The summed E-state index contributed by atoms with van der Waals surface area (Å²) in [4.78, 5) is 1.20. The molecule has 0 saturated heterocycles. The summed E-state index contributed by atoms with van der Waals surface area (Å²) in [5, 5.41) is 10.1. The van der Waals surface area contributed by atoms with E-state index in [9.17, 15) is 18.3 Å². The maximum absolute atomic E-state index is 12.4. The van der Waals surface area contributed by atoms with Gasteiger partial charge in [0.25, 0.3) is 0 Å². The first-order chi connectivity index (χ1) is 8.71. The summed E-state index contributed by atoms with van der Waals surface area (Å²) in [6.45, 7) is 4.69. The van der Waals surface area contributed by atoms with Gasteiger partial charge in [0.1, 0.15) is 0 Å². The summed E-state index contributed by atoms with van der Waals surface area (Å²) in [6, 6.07) is 5.57. The number of hydrogen-bond acceptors (Lipinski definition) is 2. The first kappa shape index (κ1) is 16.0. The molecule has 5 heteroatoms. The largest absolute Gasteiger partial charge is 0.401 e. The van der Waals surface area contributed by atoms with Crippen molar-refractivity contribution in [1.82, 2.24) is 4.90 Å². The van der Waals surface area contributed by atoms with Crippen LogP contribution in [0.5, 0.6) is 0 Å². The zero-order valence-corrected chi connectivity index (χ0v) is 11.5. The summed E-state index contributed by atoms with van der Waals surface area (Å²) < 4.78 is 37.1. The molecule has 0 radical (unpaired) electrons. The molecule has 108 valence electrons. The molecule has 1 atom stereocenters. The predicted molar refractivity (Wildman–Crippen MR) is 69.0 cm³/mol. The van der Waals surface area contributed by atoms with Gasteiger partial charge in [0.15, 0.2) is 0 Å². The smallest absolute Gasteiger partial charge is 0.387 e. The van der Waals surface area contributed by atoms with Crippen molar-refractivity contribution in [3.8, 4) is 0 Å². The van der Waals surface area contributed by atoms with Crippen molar-refractivity contribution in [1.29, 1.82) is 0 Å². The predicted octanol–water partition coefficient (Wildman–Crippen LogP) is 3.22. The molecule has 1 N–H and O–H groups in total. The Kier molecular flexibility index (Phi) is 5.38. The van der Waals surface area contributed by atoms with Crippen molar-refractivity contribution < 1.29 is 18.3 Å². The van der Waals surface area contributed by atoms with E-state index in [1.54, 1.807) is 19.1 Å². The van der Waals surface area contributed by atoms with Crippen LogP contribution in [-0.2, 0) is 0 Å². The average Bonchev–Trinajstić information content (AvgIpc) is 2.24. The lowest BCUT2D eigenvalue weighted by molar-refractivity contribution is -0.148. The molecule has 0 aliphatic carbocycles. The molecular formula is C14H20F3NO. The van der Waals surface area contributed by atoms with E-state index >= 15 is 0 Å². The molecule has 0 aromatic heterocycles. The van der Waals surface area contributed by atoms with Crippen LogP contribution in [0.2, 0.25) is 0 Å². The van der Waals surface area contributed by atoms with Crippen molar-refractivity contribution >= 4 is 0 Å². The fourth-order valence-electron chi connectivity index (χ4n) is 2.11. The van der Waals surface area contributed by atoms with Crippen LogP contribution in [0.4, 0.5) is 13.2 Å². The molecule has 0 saturated carbocycles. The van der Waals surface area contributed by atoms with E-state index in [0.717, 1.165) is 11.1 Å². The molecule has 0 aliphatic heterocycles. The fourth-order valence-corrected chi connectivity index (χ4v) is 2.11. The van der Waals surface area contributed by atoms with Gasteiger partial charge in [0.2, 0.25) is 0 Å². The number of alkyl halides is 3. The summed E-state index contributed by atoms with van der Waals surface area (Å²) in [7, 11) is 0. The maximum Gasteiger partial charge on any atom is 0.401 e. The standard InChI is InChI=1S/C14H20F3NO/c1-4-18(9-14(15,16)17)8-13(19)12-6-10(2)5-11(3)7-12/h5-7,13,19H,4,8-9H2,1-3H3. The number of hydrogen-bond donors (Lipinski definition) is 1. The van der Waals surface area contributed by atoms with E-state index in [2.05, 4.69) is 0 Å². The quantitative estimate of drug-likeness (QED) is 0.892. The van der Waals surface area contributed by atoms with Gasteiger partial charge in [0, 0.05) is 6.54 Å². The summed E-state index contributed by atoms with van der Waals surface area (Å²) >= 11 is 0. The molecule has 0 amide bonds. The monoisotopic (exact) mass is 275 g/mol. The van der Waals surface area contributed by atoms with Gasteiger partial charge in [-0.25, -0.2) is 0 Å². The number of rotatable bonds is 5. The third-order valence-corrected chi connectivity index (χ3v) is 2.91. The number of aryl methyl sites for hydroxylation is 2. The Balaban J connectivity index is 2.74. The van der Waals surface area contributed by atoms with Gasteiger partial charge in [0.05, 0.1) is 12.6 Å². The Morgan fingerprint density at radius 3 is 2.11 bits per heavy atom. The van der Waals surface area contributed by atoms with E-state index in [0.29, 0.717) is 5.56 Å². The first-order valence-electron chi connectivity index (χ1n) is 6.26. The minimum atomic E-state index is -4.24. The van der Waals surface area contributed by atoms with Crippen LogP contribution in [0.3, 0.4) is 0 Å². The van der Waals surface area contributed by atoms with Crippen molar-refractivity contribution in [3.05, 3.63) is 34.9 Å². The second-order valence-corrected chi connectivity index (χ2v) is 4.88. The van der Waals surface area contributed by atoms with Gasteiger partial charge in [-0.05, 0) is 26.0 Å². The Morgan fingerprint density at radius 1 is 1.16 bits per heavy atom. The Labute approximate surface area is 111 Å². The SMILES string of the molecule is CCN(CC(O)c1cc(C)cc(C)c1)CC(F)(F)F. The highest BCUT2D eigenvalue weighted by Gasteiger charge is 2.30. The molecule has 0 spiro atoms. The zero-order valence-electron chi connectivity index (χ0n) is 11.5. The van der Waals surface area contributed by atoms with Crippen LogP contribution in [0.15, 0.2) is 18.2 Å². The summed E-state index contributed by atoms with van der Waals surface area (Å²) in [5.74, 6) is 0. The van der Waals surface area contributed by atoms with Crippen molar-refractivity contribution in [2.45, 2.75) is 33.1 Å². The number of aliphatic hydroxyl groups excluding tert-OH is 1. The van der Waals surface area contributed by atoms with Crippen LogP contribution < -0.4 is 0 Å². The van der Waals surface area contributed by atoms with Gasteiger partial charge < -0.3 is 5.11 Å². The second kappa shape index (κ2) is 6.39. The van der Waals surface area contributed by atoms with Crippen LogP contribution in [-0.4, -0.2) is 35.8 Å². The highest BCUT2D eigenvalue weighted by Crippen LogP contribution is 2.21. The van der Waals surface area contributed by atoms with Crippen molar-refractivity contribution in [2.24, 2.45) is 0 Å².